The van der Waals surface area contributed by atoms with Crippen LogP contribution < -0.4 is 4.72 Å². The summed E-state index contributed by atoms with van der Waals surface area (Å²) in [5.74, 6) is -0.530. The van der Waals surface area contributed by atoms with E-state index in [2.05, 4.69) is 4.72 Å². The van der Waals surface area contributed by atoms with E-state index in [1.54, 1.807) is 31.2 Å². The highest BCUT2D eigenvalue weighted by Gasteiger charge is 2.33. The fourth-order valence-corrected chi connectivity index (χ4v) is 4.28. The Labute approximate surface area is 184 Å². The summed E-state index contributed by atoms with van der Waals surface area (Å²) in [6.07, 6.45) is -4.53. The molecule has 0 heterocycles. The van der Waals surface area contributed by atoms with Gasteiger partial charge < -0.3 is 4.90 Å². The molecule has 0 unspecified atom stereocenters. The van der Waals surface area contributed by atoms with Crippen LogP contribution in [0.3, 0.4) is 0 Å². The third-order valence-corrected chi connectivity index (χ3v) is 6.26. The van der Waals surface area contributed by atoms with Gasteiger partial charge in [0.15, 0.2) is 0 Å². The lowest BCUT2D eigenvalue weighted by atomic mass is 10.1. The number of anilines is 1. The molecule has 1 amide bonds. The van der Waals surface area contributed by atoms with Crippen molar-refractivity contribution >= 4 is 21.6 Å². The van der Waals surface area contributed by atoms with Gasteiger partial charge in [0.1, 0.15) is 0 Å². The quantitative estimate of drug-likeness (QED) is 0.555. The average Bonchev–Trinajstić information content (AvgIpc) is 2.74. The van der Waals surface area contributed by atoms with Gasteiger partial charge in [0.05, 0.1) is 16.1 Å². The van der Waals surface area contributed by atoms with Gasteiger partial charge in [0.2, 0.25) is 0 Å². The molecule has 0 aliphatic rings. The predicted octanol–water partition coefficient (Wildman–Crippen LogP) is 5.09. The first-order chi connectivity index (χ1) is 15.0. The SMILES string of the molecule is Cc1ccccc1NS(=O)(=O)c1ccc(C(=O)N(C)Cc2ccccc2C(F)(F)F)cc1. The standard InChI is InChI=1S/C23H21F3N2O3S/c1-16-7-3-6-10-21(16)27-32(30,31)19-13-11-17(12-14-19)22(29)28(2)15-18-8-4-5-9-20(18)23(24,25)26/h3-14,27H,15H2,1-2H3. The topological polar surface area (TPSA) is 66.5 Å². The van der Waals surface area contributed by atoms with Crippen molar-refractivity contribution in [2.45, 2.75) is 24.5 Å². The zero-order valence-electron chi connectivity index (χ0n) is 17.3. The van der Waals surface area contributed by atoms with Crippen molar-refractivity contribution in [3.8, 4) is 0 Å². The summed E-state index contributed by atoms with van der Waals surface area (Å²) in [6.45, 7) is 1.52. The summed E-state index contributed by atoms with van der Waals surface area (Å²) >= 11 is 0. The molecule has 32 heavy (non-hydrogen) atoms. The van der Waals surface area contributed by atoms with Crippen LogP contribution in [0.1, 0.15) is 27.0 Å². The number of carbonyl (C=O) groups excluding carboxylic acids is 1. The smallest absolute Gasteiger partial charge is 0.337 e. The molecule has 0 bridgehead atoms. The molecule has 0 atom stereocenters. The maximum absolute atomic E-state index is 13.2. The Morgan fingerprint density at radius 3 is 2.16 bits per heavy atom. The Morgan fingerprint density at radius 1 is 0.938 bits per heavy atom. The maximum Gasteiger partial charge on any atom is 0.416 e. The molecule has 3 aromatic carbocycles. The molecule has 0 saturated heterocycles. The highest BCUT2D eigenvalue weighted by Crippen LogP contribution is 2.32. The molecule has 0 aliphatic carbocycles. The number of nitrogens with one attached hydrogen (secondary N) is 1. The molecule has 0 aliphatic heterocycles. The van der Waals surface area contributed by atoms with Crippen molar-refractivity contribution in [2.24, 2.45) is 0 Å². The van der Waals surface area contributed by atoms with E-state index >= 15 is 0 Å². The largest absolute Gasteiger partial charge is 0.416 e. The summed E-state index contributed by atoms with van der Waals surface area (Å²) in [7, 11) is -2.48. The van der Waals surface area contributed by atoms with Crippen LogP contribution in [-0.4, -0.2) is 26.3 Å². The number of hydrogen-bond acceptors (Lipinski definition) is 3. The monoisotopic (exact) mass is 462 g/mol. The maximum atomic E-state index is 13.2. The second-order valence-electron chi connectivity index (χ2n) is 7.26. The van der Waals surface area contributed by atoms with E-state index in [9.17, 15) is 26.4 Å². The lowest BCUT2D eigenvalue weighted by molar-refractivity contribution is -0.138. The van der Waals surface area contributed by atoms with Gasteiger partial charge in [-0.3, -0.25) is 9.52 Å². The van der Waals surface area contributed by atoms with Crippen LogP contribution in [0.5, 0.6) is 0 Å². The molecule has 0 fully saturated rings. The van der Waals surface area contributed by atoms with Gasteiger partial charge in [0.25, 0.3) is 15.9 Å². The summed E-state index contributed by atoms with van der Waals surface area (Å²) in [6, 6.07) is 17.2. The van der Waals surface area contributed by atoms with Gasteiger partial charge >= 0.3 is 6.18 Å². The van der Waals surface area contributed by atoms with E-state index in [0.717, 1.165) is 16.5 Å². The van der Waals surface area contributed by atoms with Gasteiger partial charge in [0, 0.05) is 19.2 Å². The van der Waals surface area contributed by atoms with Crippen molar-refractivity contribution < 1.29 is 26.4 Å². The summed E-state index contributed by atoms with van der Waals surface area (Å²) in [5.41, 5.74) is 0.520. The number of carbonyl (C=O) groups is 1. The van der Waals surface area contributed by atoms with E-state index in [0.29, 0.717) is 5.69 Å². The molecule has 3 rings (SSSR count). The van der Waals surface area contributed by atoms with Gasteiger partial charge in [-0.25, -0.2) is 8.42 Å². The van der Waals surface area contributed by atoms with E-state index in [-0.39, 0.29) is 22.6 Å². The predicted molar refractivity (Wildman–Crippen MR) is 116 cm³/mol. The molecule has 0 saturated carbocycles. The van der Waals surface area contributed by atoms with E-state index in [1.165, 1.54) is 49.5 Å². The first-order valence-corrected chi connectivity index (χ1v) is 11.1. The first kappa shape index (κ1) is 23.3. The van der Waals surface area contributed by atoms with Gasteiger partial charge in [-0.15, -0.1) is 0 Å². The van der Waals surface area contributed by atoms with Crippen molar-refractivity contribution in [3.63, 3.8) is 0 Å². The minimum absolute atomic E-state index is 0.0301. The van der Waals surface area contributed by atoms with Gasteiger partial charge in [-0.05, 0) is 54.4 Å². The Kier molecular flexibility index (Phi) is 6.59. The van der Waals surface area contributed by atoms with E-state index in [1.807, 2.05) is 0 Å². The molecule has 0 spiro atoms. The number of benzene rings is 3. The molecule has 0 aromatic heterocycles. The van der Waals surface area contributed by atoms with Crippen LogP contribution in [0, 0.1) is 6.92 Å². The van der Waals surface area contributed by atoms with Crippen molar-refractivity contribution in [1.29, 1.82) is 0 Å². The van der Waals surface area contributed by atoms with Crippen molar-refractivity contribution in [2.75, 3.05) is 11.8 Å². The van der Waals surface area contributed by atoms with E-state index < -0.39 is 27.7 Å². The third kappa shape index (κ3) is 5.28. The molecule has 3 aromatic rings. The van der Waals surface area contributed by atoms with Crippen LogP contribution in [0.25, 0.3) is 0 Å². The number of halogens is 3. The van der Waals surface area contributed by atoms with Crippen molar-refractivity contribution in [1.82, 2.24) is 4.90 Å². The highest BCUT2D eigenvalue weighted by molar-refractivity contribution is 7.92. The van der Waals surface area contributed by atoms with Gasteiger partial charge in [-0.1, -0.05) is 36.4 Å². The molecule has 0 radical (unpaired) electrons. The number of sulfonamides is 1. The molecule has 5 nitrogen and oxygen atoms in total. The first-order valence-electron chi connectivity index (χ1n) is 9.58. The molecule has 1 N–H and O–H groups in total. The Morgan fingerprint density at radius 2 is 1.53 bits per heavy atom. The average molecular weight is 462 g/mol. The zero-order valence-corrected chi connectivity index (χ0v) is 18.2. The second-order valence-corrected chi connectivity index (χ2v) is 8.94. The fraction of sp³-hybridized carbons (Fsp3) is 0.174. The molecule has 168 valence electrons. The third-order valence-electron chi connectivity index (χ3n) is 4.88. The number of rotatable bonds is 6. The minimum atomic E-state index is -4.53. The second kappa shape index (κ2) is 9.04. The number of aryl methyl sites for hydroxylation is 1. The lowest BCUT2D eigenvalue weighted by Gasteiger charge is -2.20. The Bertz CT molecular complexity index is 1220. The summed E-state index contributed by atoms with van der Waals surface area (Å²) in [5, 5.41) is 0. The van der Waals surface area contributed by atoms with Crippen LogP contribution in [-0.2, 0) is 22.7 Å². The number of hydrogen-bond donors (Lipinski definition) is 1. The molecular formula is C23H21F3N2O3S. The minimum Gasteiger partial charge on any atom is -0.337 e. The summed E-state index contributed by atoms with van der Waals surface area (Å²) in [4.78, 5) is 13.8. The molecule has 9 heteroatoms. The highest BCUT2D eigenvalue weighted by atomic mass is 32.2. The number of alkyl halides is 3. The lowest BCUT2D eigenvalue weighted by Crippen LogP contribution is -2.27. The normalized spacial score (nSPS) is 11.8. The van der Waals surface area contributed by atoms with E-state index in [4.69, 9.17) is 0 Å². The van der Waals surface area contributed by atoms with Crippen LogP contribution in [0.15, 0.2) is 77.7 Å². The number of amides is 1. The van der Waals surface area contributed by atoms with Crippen molar-refractivity contribution in [3.05, 3.63) is 95.1 Å². The number of nitrogens with zero attached hydrogens (tertiary/aromatic N) is 1. The summed E-state index contributed by atoms with van der Waals surface area (Å²) < 4.78 is 67.3. The number of para-hydroxylation sites is 1. The Balaban J connectivity index is 1.76. The fourth-order valence-electron chi connectivity index (χ4n) is 3.15. The Hall–Kier alpha value is -3.33. The van der Waals surface area contributed by atoms with Gasteiger partial charge in [-0.2, -0.15) is 13.2 Å². The molecular weight excluding hydrogens is 441 g/mol. The zero-order chi connectivity index (χ0) is 23.5. The van der Waals surface area contributed by atoms with Crippen LogP contribution in [0.4, 0.5) is 18.9 Å². The van der Waals surface area contributed by atoms with Crippen LogP contribution in [0.2, 0.25) is 0 Å². The van der Waals surface area contributed by atoms with Crippen LogP contribution >= 0.6 is 0 Å².